The summed E-state index contributed by atoms with van der Waals surface area (Å²) in [6.45, 7) is 5.23. The first-order valence-corrected chi connectivity index (χ1v) is 6.66. The lowest BCUT2D eigenvalue weighted by atomic mass is 9.84. The first kappa shape index (κ1) is 11.2. The van der Waals surface area contributed by atoms with E-state index in [0.29, 0.717) is 6.04 Å². The maximum absolute atomic E-state index is 10.2. The summed E-state index contributed by atoms with van der Waals surface area (Å²) in [6, 6.07) is 0.337. The van der Waals surface area contributed by atoms with Crippen LogP contribution in [0.15, 0.2) is 12.4 Å². The maximum atomic E-state index is 10.2. The zero-order valence-electron chi connectivity index (χ0n) is 10.4. The number of fused-ring (bicyclic) bond motifs is 1. The summed E-state index contributed by atoms with van der Waals surface area (Å²) in [6.07, 6.45) is 7.03. The fraction of sp³-hybridized carbons (Fsp3) is 0.769. The van der Waals surface area contributed by atoms with E-state index in [-0.39, 0.29) is 6.10 Å². The summed E-state index contributed by atoms with van der Waals surface area (Å²) in [7, 11) is 0. The van der Waals surface area contributed by atoms with Crippen LogP contribution in [0.25, 0.3) is 0 Å². The number of rotatable bonds is 1. The highest BCUT2D eigenvalue weighted by Gasteiger charge is 2.33. The summed E-state index contributed by atoms with van der Waals surface area (Å²) in [5, 5.41) is 10.2. The van der Waals surface area contributed by atoms with Gasteiger partial charge in [-0.2, -0.15) is 0 Å². The zero-order valence-corrected chi connectivity index (χ0v) is 10.4. The van der Waals surface area contributed by atoms with Gasteiger partial charge in [-0.1, -0.05) is 6.92 Å². The number of hydrogen-bond donors (Lipinski definition) is 1. The molecule has 0 aromatic carbocycles. The van der Waals surface area contributed by atoms with Gasteiger partial charge < -0.3 is 9.67 Å². The van der Waals surface area contributed by atoms with Crippen molar-refractivity contribution in [2.75, 3.05) is 6.54 Å². The smallest absolute Gasteiger partial charge is 0.122 e. The average Bonchev–Trinajstić information content (AvgIpc) is 2.79. The molecule has 1 aromatic rings. The normalized spacial score (nSPS) is 34.6. The Morgan fingerprint density at radius 1 is 1.35 bits per heavy atom. The molecule has 0 spiro atoms. The van der Waals surface area contributed by atoms with Crippen LogP contribution >= 0.6 is 0 Å². The Morgan fingerprint density at radius 2 is 2.24 bits per heavy atom. The van der Waals surface area contributed by atoms with Crippen LogP contribution in [-0.2, 0) is 13.1 Å². The van der Waals surface area contributed by atoms with E-state index in [4.69, 9.17) is 0 Å². The van der Waals surface area contributed by atoms with Gasteiger partial charge in [0.1, 0.15) is 5.82 Å². The molecule has 1 aromatic heterocycles. The summed E-state index contributed by atoms with van der Waals surface area (Å²) in [4.78, 5) is 6.80. The largest absolute Gasteiger partial charge is 0.391 e. The van der Waals surface area contributed by atoms with Gasteiger partial charge >= 0.3 is 0 Å². The molecule has 1 aliphatic carbocycles. The summed E-state index contributed by atoms with van der Waals surface area (Å²) >= 11 is 0. The van der Waals surface area contributed by atoms with Gasteiger partial charge in [-0.25, -0.2) is 4.98 Å². The van der Waals surface area contributed by atoms with E-state index in [1.54, 1.807) is 0 Å². The molecule has 17 heavy (non-hydrogen) atoms. The summed E-state index contributed by atoms with van der Waals surface area (Å²) < 4.78 is 2.22. The van der Waals surface area contributed by atoms with E-state index in [2.05, 4.69) is 21.4 Å². The molecule has 1 N–H and O–H groups in total. The topological polar surface area (TPSA) is 41.3 Å². The minimum Gasteiger partial charge on any atom is -0.391 e. The first-order chi connectivity index (χ1) is 8.24. The van der Waals surface area contributed by atoms with Crippen molar-refractivity contribution in [3.63, 3.8) is 0 Å². The minimum atomic E-state index is -0.146. The monoisotopic (exact) mass is 235 g/mol. The van der Waals surface area contributed by atoms with E-state index in [1.165, 1.54) is 6.42 Å². The molecule has 0 bridgehead atoms. The Labute approximate surface area is 102 Å². The Morgan fingerprint density at radius 3 is 3.12 bits per heavy atom. The number of nitrogens with zero attached hydrogens (tertiary/aromatic N) is 3. The van der Waals surface area contributed by atoms with Gasteiger partial charge in [0.05, 0.1) is 12.6 Å². The minimum absolute atomic E-state index is 0.146. The molecular weight excluding hydrogens is 214 g/mol. The van der Waals surface area contributed by atoms with E-state index in [1.807, 2.05) is 12.4 Å². The van der Waals surface area contributed by atoms with E-state index in [0.717, 1.165) is 44.2 Å². The zero-order chi connectivity index (χ0) is 11.8. The molecule has 2 heterocycles. The molecule has 94 valence electrons. The third-order valence-corrected chi connectivity index (χ3v) is 4.29. The number of aliphatic hydroxyl groups excluding tert-OH is 1. The van der Waals surface area contributed by atoms with Crippen LogP contribution in [0.4, 0.5) is 0 Å². The highest BCUT2D eigenvalue weighted by atomic mass is 16.3. The van der Waals surface area contributed by atoms with Crippen LogP contribution in [0.3, 0.4) is 0 Å². The van der Waals surface area contributed by atoms with E-state index in [9.17, 15) is 5.11 Å². The van der Waals surface area contributed by atoms with Gasteiger partial charge in [0.15, 0.2) is 0 Å². The third kappa shape index (κ3) is 2.11. The molecule has 1 fully saturated rings. The highest BCUT2D eigenvalue weighted by Crippen LogP contribution is 2.29. The lowest BCUT2D eigenvalue weighted by molar-refractivity contribution is -0.00655. The number of aliphatic hydroxyl groups is 1. The SMILES string of the molecule is CC1CCC(O)C(N2CCn3ccnc3C2)C1. The summed E-state index contributed by atoms with van der Waals surface area (Å²) in [5.74, 6) is 1.88. The average molecular weight is 235 g/mol. The van der Waals surface area contributed by atoms with Gasteiger partial charge in [0, 0.05) is 31.5 Å². The molecule has 0 saturated heterocycles. The molecule has 4 heteroatoms. The first-order valence-electron chi connectivity index (χ1n) is 6.66. The van der Waals surface area contributed by atoms with Crippen LogP contribution in [-0.4, -0.2) is 38.2 Å². The lowest BCUT2D eigenvalue weighted by Gasteiger charge is -2.41. The second-order valence-corrected chi connectivity index (χ2v) is 5.56. The molecule has 4 nitrogen and oxygen atoms in total. The van der Waals surface area contributed by atoms with Crippen LogP contribution in [0.2, 0.25) is 0 Å². The fourth-order valence-electron chi connectivity index (χ4n) is 3.20. The van der Waals surface area contributed by atoms with Crippen molar-refractivity contribution in [2.24, 2.45) is 5.92 Å². The van der Waals surface area contributed by atoms with Crippen molar-refractivity contribution < 1.29 is 5.11 Å². The van der Waals surface area contributed by atoms with Crippen molar-refractivity contribution >= 4 is 0 Å². The van der Waals surface area contributed by atoms with Crippen molar-refractivity contribution in [1.82, 2.24) is 14.5 Å². The lowest BCUT2D eigenvalue weighted by Crippen LogP contribution is -2.49. The third-order valence-electron chi connectivity index (χ3n) is 4.29. The Balaban J connectivity index is 1.73. The molecule has 0 amide bonds. The molecule has 0 radical (unpaired) electrons. The Hall–Kier alpha value is -0.870. The van der Waals surface area contributed by atoms with Gasteiger partial charge in [-0.15, -0.1) is 0 Å². The maximum Gasteiger partial charge on any atom is 0.122 e. The summed E-state index contributed by atoms with van der Waals surface area (Å²) in [5.41, 5.74) is 0. The molecule has 3 atom stereocenters. The molecule has 1 aliphatic heterocycles. The van der Waals surface area contributed by atoms with E-state index < -0.39 is 0 Å². The van der Waals surface area contributed by atoms with Gasteiger partial charge in [-0.05, 0) is 25.2 Å². The van der Waals surface area contributed by atoms with Gasteiger partial charge in [0.25, 0.3) is 0 Å². The van der Waals surface area contributed by atoms with Crippen molar-refractivity contribution in [3.8, 4) is 0 Å². The number of aromatic nitrogens is 2. The molecule has 1 saturated carbocycles. The van der Waals surface area contributed by atoms with Crippen molar-refractivity contribution in [2.45, 2.75) is 51.4 Å². The fourth-order valence-corrected chi connectivity index (χ4v) is 3.20. The quantitative estimate of drug-likeness (QED) is 0.796. The predicted molar refractivity (Wildman–Crippen MR) is 65.4 cm³/mol. The predicted octanol–water partition coefficient (Wildman–Crippen LogP) is 1.25. The number of hydrogen-bond acceptors (Lipinski definition) is 3. The Kier molecular flexibility index (Phi) is 2.92. The second kappa shape index (κ2) is 4.42. The Bertz CT molecular complexity index is 390. The van der Waals surface area contributed by atoms with Crippen LogP contribution < -0.4 is 0 Å². The van der Waals surface area contributed by atoms with E-state index >= 15 is 0 Å². The second-order valence-electron chi connectivity index (χ2n) is 5.56. The molecular formula is C13H21N3O. The number of imidazole rings is 1. The molecule has 3 unspecified atom stereocenters. The van der Waals surface area contributed by atoms with Gasteiger partial charge in [-0.3, -0.25) is 4.90 Å². The molecule has 3 rings (SSSR count). The van der Waals surface area contributed by atoms with Crippen LogP contribution in [0.5, 0.6) is 0 Å². The highest BCUT2D eigenvalue weighted by molar-refractivity contribution is 4.98. The van der Waals surface area contributed by atoms with Gasteiger partial charge in [0.2, 0.25) is 0 Å². The standard InChI is InChI=1S/C13H21N3O/c1-10-2-3-12(17)11(8-10)16-7-6-15-5-4-14-13(15)9-16/h4-5,10-12,17H,2-3,6-9H2,1H3. The molecule has 2 aliphatic rings. The van der Waals surface area contributed by atoms with Crippen molar-refractivity contribution in [1.29, 1.82) is 0 Å². The van der Waals surface area contributed by atoms with Crippen LogP contribution in [0.1, 0.15) is 32.0 Å². The van der Waals surface area contributed by atoms with Crippen molar-refractivity contribution in [3.05, 3.63) is 18.2 Å². The van der Waals surface area contributed by atoms with Crippen LogP contribution in [0, 0.1) is 5.92 Å².